The summed E-state index contributed by atoms with van der Waals surface area (Å²) in [6, 6.07) is -0.349. The third kappa shape index (κ3) is 2.67. The molecule has 1 aliphatic heterocycles. The van der Waals surface area contributed by atoms with Gasteiger partial charge in [-0.1, -0.05) is 19.1 Å². The maximum atomic E-state index is 12.6. The molecule has 1 aliphatic carbocycles. The molecular weight excluding hydrogens is 240 g/mol. The van der Waals surface area contributed by atoms with Crippen LogP contribution in [0.3, 0.4) is 0 Å². The minimum atomic E-state index is -0.728. The van der Waals surface area contributed by atoms with E-state index in [0.29, 0.717) is 18.9 Å². The molecule has 4 heteroatoms. The quantitative estimate of drug-likeness (QED) is 0.791. The predicted molar refractivity (Wildman–Crippen MR) is 74.5 cm³/mol. The molecule has 2 rings (SSSR count). The number of nitrogens with one attached hydrogen (secondary N) is 1. The van der Waals surface area contributed by atoms with E-state index >= 15 is 0 Å². The molecule has 106 valence electrons. The molecule has 0 saturated carbocycles. The highest BCUT2D eigenvalue weighted by atomic mass is 16.2. The lowest BCUT2D eigenvalue weighted by Crippen LogP contribution is -2.68. The average Bonchev–Trinajstić information content (AvgIpc) is 2.42. The zero-order chi connectivity index (χ0) is 14.0. The van der Waals surface area contributed by atoms with Crippen molar-refractivity contribution in [3.05, 3.63) is 12.2 Å². The van der Waals surface area contributed by atoms with E-state index in [1.54, 1.807) is 4.90 Å². The Morgan fingerprint density at radius 2 is 2.16 bits per heavy atom. The first-order valence-electron chi connectivity index (χ1n) is 7.26. The van der Waals surface area contributed by atoms with Crippen LogP contribution in [0, 0.1) is 5.92 Å². The Labute approximate surface area is 115 Å². The predicted octanol–water partition coefficient (Wildman–Crippen LogP) is 1.86. The van der Waals surface area contributed by atoms with E-state index < -0.39 is 5.54 Å². The third-order valence-electron chi connectivity index (χ3n) is 4.52. The van der Waals surface area contributed by atoms with E-state index in [9.17, 15) is 9.59 Å². The molecule has 1 fully saturated rings. The van der Waals surface area contributed by atoms with Gasteiger partial charge in [0.1, 0.15) is 11.6 Å². The Balaban J connectivity index is 2.13. The van der Waals surface area contributed by atoms with Crippen LogP contribution in [-0.4, -0.2) is 34.8 Å². The van der Waals surface area contributed by atoms with Gasteiger partial charge < -0.3 is 10.2 Å². The monoisotopic (exact) mass is 264 g/mol. The second kappa shape index (κ2) is 5.35. The number of piperazine rings is 1. The first kappa shape index (κ1) is 14.1. The summed E-state index contributed by atoms with van der Waals surface area (Å²) in [4.78, 5) is 26.4. The number of amides is 2. The lowest BCUT2D eigenvalue weighted by atomic mass is 9.89. The molecule has 2 aliphatic rings. The number of carbonyl (C=O) groups excluding carboxylic acids is 2. The molecular formula is C15H24N2O2. The van der Waals surface area contributed by atoms with Crippen molar-refractivity contribution in [2.24, 2.45) is 5.92 Å². The van der Waals surface area contributed by atoms with Crippen LogP contribution in [0.5, 0.6) is 0 Å². The number of nitrogens with zero attached hydrogens (tertiary/aromatic N) is 1. The van der Waals surface area contributed by atoms with Crippen LogP contribution in [0.1, 0.15) is 46.5 Å². The van der Waals surface area contributed by atoms with Crippen LogP contribution in [0.15, 0.2) is 12.2 Å². The molecule has 4 nitrogen and oxygen atoms in total. The van der Waals surface area contributed by atoms with Gasteiger partial charge in [-0.25, -0.2) is 0 Å². The molecule has 3 unspecified atom stereocenters. The van der Waals surface area contributed by atoms with Gasteiger partial charge in [0.25, 0.3) is 0 Å². The van der Waals surface area contributed by atoms with Crippen LogP contribution in [0.4, 0.5) is 0 Å². The zero-order valence-electron chi connectivity index (χ0n) is 12.1. The lowest BCUT2D eigenvalue weighted by Gasteiger charge is -2.44. The molecule has 1 heterocycles. The summed E-state index contributed by atoms with van der Waals surface area (Å²) < 4.78 is 0. The molecule has 3 atom stereocenters. The summed E-state index contributed by atoms with van der Waals surface area (Å²) in [6.45, 7) is 6.29. The molecule has 0 spiro atoms. The van der Waals surface area contributed by atoms with Crippen LogP contribution in [-0.2, 0) is 9.59 Å². The van der Waals surface area contributed by atoms with E-state index in [4.69, 9.17) is 0 Å². The van der Waals surface area contributed by atoms with Gasteiger partial charge in [0.15, 0.2) is 0 Å². The van der Waals surface area contributed by atoms with Gasteiger partial charge in [0, 0.05) is 6.54 Å². The molecule has 0 aromatic heterocycles. The minimum Gasteiger partial charge on any atom is -0.340 e. The first-order chi connectivity index (χ1) is 8.98. The molecule has 1 N–H and O–H groups in total. The van der Waals surface area contributed by atoms with Crippen LogP contribution >= 0.6 is 0 Å². The van der Waals surface area contributed by atoms with Gasteiger partial charge in [-0.05, 0) is 45.4 Å². The van der Waals surface area contributed by atoms with Crippen LogP contribution in [0.25, 0.3) is 0 Å². The molecule has 2 amide bonds. The van der Waals surface area contributed by atoms with Crippen molar-refractivity contribution < 1.29 is 9.59 Å². The van der Waals surface area contributed by atoms with Gasteiger partial charge in [0.2, 0.25) is 11.8 Å². The number of carbonyl (C=O) groups is 2. The Kier molecular flexibility index (Phi) is 3.97. The highest BCUT2D eigenvalue weighted by molar-refractivity contribution is 5.99. The van der Waals surface area contributed by atoms with Gasteiger partial charge in [0.05, 0.1) is 0 Å². The van der Waals surface area contributed by atoms with Crippen molar-refractivity contribution in [2.45, 2.75) is 58.0 Å². The summed E-state index contributed by atoms with van der Waals surface area (Å²) >= 11 is 0. The van der Waals surface area contributed by atoms with Crippen molar-refractivity contribution in [3.63, 3.8) is 0 Å². The normalized spacial score (nSPS) is 35.4. The van der Waals surface area contributed by atoms with Crippen molar-refractivity contribution in [3.8, 4) is 0 Å². The Morgan fingerprint density at radius 1 is 1.42 bits per heavy atom. The largest absolute Gasteiger partial charge is 0.340 e. The third-order valence-corrected chi connectivity index (χ3v) is 4.52. The fourth-order valence-corrected chi connectivity index (χ4v) is 2.85. The molecule has 0 bridgehead atoms. The maximum Gasteiger partial charge on any atom is 0.248 e. The van der Waals surface area contributed by atoms with E-state index in [-0.39, 0.29) is 17.9 Å². The summed E-state index contributed by atoms with van der Waals surface area (Å²) in [5, 5.41) is 2.87. The fraction of sp³-hybridized carbons (Fsp3) is 0.733. The molecule has 1 saturated heterocycles. The zero-order valence-corrected chi connectivity index (χ0v) is 12.1. The molecule has 0 aromatic rings. The van der Waals surface area contributed by atoms with Gasteiger partial charge in [-0.3, -0.25) is 9.59 Å². The maximum absolute atomic E-state index is 12.6. The van der Waals surface area contributed by atoms with E-state index in [1.807, 2.05) is 20.8 Å². The lowest BCUT2D eigenvalue weighted by molar-refractivity contribution is -0.154. The van der Waals surface area contributed by atoms with Crippen molar-refractivity contribution in [2.75, 3.05) is 6.54 Å². The second-order valence-corrected chi connectivity index (χ2v) is 5.96. The van der Waals surface area contributed by atoms with Crippen molar-refractivity contribution in [1.29, 1.82) is 0 Å². The Morgan fingerprint density at radius 3 is 2.74 bits per heavy atom. The molecule has 0 aromatic carbocycles. The number of allylic oxidation sites excluding steroid dienone is 2. The van der Waals surface area contributed by atoms with Crippen molar-refractivity contribution >= 4 is 11.8 Å². The van der Waals surface area contributed by atoms with E-state index in [2.05, 4.69) is 17.5 Å². The van der Waals surface area contributed by atoms with Gasteiger partial charge >= 0.3 is 0 Å². The first-order valence-corrected chi connectivity index (χ1v) is 7.26. The highest BCUT2D eigenvalue weighted by Crippen LogP contribution is 2.26. The second-order valence-electron chi connectivity index (χ2n) is 5.96. The highest BCUT2D eigenvalue weighted by Gasteiger charge is 2.45. The van der Waals surface area contributed by atoms with Crippen LogP contribution < -0.4 is 5.32 Å². The average molecular weight is 264 g/mol. The summed E-state index contributed by atoms with van der Waals surface area (Å²) in [7, 11) is 0. The smallest absolute Gasteiger partial charge is 0.248 e. The summed E-state index contributed by atoms with van der Waals surface area (Å²) in [6.07, 6.45) is 8.22. The van der Waals surface area contributed by atoms with Gasteiger partial charge in [-0.2, -0.15) is 0 Å². The fourth-order valence-electron chi connectivity index (χ4n) is 2.85. The topological polar surface area (TPSA) is 49.4 Å². The Bertz CT molecular complexity index is 405. The minimum absolute atomic E-state index is 0.0321. The van der Waals surface area contributed by atoms with Gasteiger partial charge in [-0.15, -0.1) is 0 Å². The SMILES string of the molecule is CCC1(C)NC(=O)C(C)N(CC2CC=CCC2)C1=O. The number of rotatable bonds is 3. The summed E-state index contributed by atoms with van der Waals surface area (Å²) in [5.74, 6) is 0.523. The van der Waals surface area contributed by atoms with E-state index in [0.717, 1.165) is 19.3 Å². The van der Waals surface area contributed by atoms with E-state index in [1.165, 1.54) is 0 Å². The number of hydrogen-bond donors (Lipinski definition) is 1. The standard InChI is InChI=1S/C15H24N2O2/c1-4-15(3)14(19)17(11(2)13(18)16-15)10-12-8-6-5-7-9-12/h5-6,11-12H,4,7-10H2,1-3H3,(H,16,18). The summed E-state index contributed by atoms with van der Waals surface area (Å²) in [5.41, 5.74) is -0.728. The van der Waals surface area contributed by atoms with Crippen LogP contribution in [0.2, 0.25) is 0 Å². The van der Waals surface area contributed by atoms with Crippen molar-refractivity contribution in [1.82, 2.24) is 10.2 Å². The number of hydrogen-bond acceptors (Lipinski definition) is 2. The Hall–Kier alpha value is -1.32. The molecule has 19 heavy (non-hydrogen) atoms. The molecule has 0 radical (unpaired) electrons.